The van der Waals surface area contributed by atoms with Gasteiger partial charge in [-0.05, 0) is 25.7 Å². The molecule has 1 fully saturated rings. The van der Waals surface area contributed by atoms with Gasteiger partial charge in [-0.25, -0.2) is 4.98 Å². The molecule has 4 nitrogen and oxygen atoms in total. The van der Waals surface area contributed by atoms with E-state index in [4.69, 9.17) is 0 Å². The molecule has 0 spiro atoms. The number of hydrogen-bond donors (Lipinski definition) is 0. The van der Waals surface area contributed by atoms with Crippen LogP contribution in [0.1, 0.15) is 38.9 Å². The number of nitrogens with zero attached hydrogens (tertiary/aromatic N) is 3. The highest BCUT2D eigenvalue weighted by atomic mass is 16.1. The molecule has 0 amide bonds. The first kappa shape index (κ1) is 11.3. The largest absolute Gasteiger partial charge is 0.299 e. The second-order valence-corrected chi connectivity index (χ2v) is 4.74. The van der Waals surface area contributed by atoms with Crippen molar-refractivity contribution < 1.29 is 4.79 Å². The molecular formula is C12H19N3O. The van der Waals surface area contributed by atoms with Crippen molar-refractivity contribution >= 4 is 5.78 Å². The molecule has 2 atom stereocenters. The number of rotatable bonds is 3. The average Bonchev–Trinajstić information content (AvgIpc) is 2.71. The number of aryl methyl sites for hydroxylation is 1. The summed E-state index contributed by atoms with van der Waals surface area (Å²) in [6.45, 7) is 5.10. The molecule has 4 heteroatoms. The van der Waals surface area contributed by atoms with Crippen molar-refractivity contribution in [3.8, 4) is 0 Å². The van der Waals surface area contributed by atoms with Crippen molar-refractivity contribution in [2.24, 2.45) is 11.8 Å². The molecule has 2 rings (SSSR count). The lowest BCUT2D eigenvalue weighted by Gasteiger charge is -2.25. The van der Waals surface area contributed by atoms with Gasteiger partial charge in [0, 0.05) is 25.3 Å². The Bertz CT molecular complexity index is 372. The van der Waals surface area contributed by atoms with Gasteiger partial charge in [-0.15, -0.1) is 0 Å². The van der Waals surface area contributed by atoms with Gasteiger partial charge >= 0.3 is 0 Å². The van der Waals surface area contributed by atoms with Gasteiger partial charge in [0.05, 0.1) is 0 Å². The fraction of sp³-hybridized carbons (Fsp3) is 0.750. The predicted octanol–water partition coefficient (Wildman–Crippen LogP) is 1.85. The van der Waals surface area contributed by atoms with Crippen molar-refractivity contribution in [3.63, 3.8) is 0 Å². The number of Topliss-reactive ketones (excluding diaryl/α,β-unsaturated/α-hetero) is 1. The Balaban J connectivity index is 2.05. The van der Waals surface area contributed by atoms with Crippen LogP contribution in [0.2, 0.25) is 0 Å². The summed E-state index contributed by atoms with van der Waals surface area (Å²) in [6.07, 6.45) is 5.14. The Kier molecular flexibility index (Phi) is 3.36. The van der Waals surface area contributed by atoms with E-state index in [0.29, 0.717) is 11.7 Å². The van der Waals surface area contributed by atoms with Gasteiger partial charge in [-0.1, -0.05) is 6.92 Å². The quantitative estimate of drug-likeness (QED) is 0.782. The van der Waals surface area contributed by atoms with Crippen LogP contribution in [0.4, 0.5) is 0 Å². The first-order valence-electron chi connectivity index (χ1n) is 6.10. The standard InChI is InChI=1S/C12H19N3O/c1-3-15-12(13-8-14-15)7-10-6-9(2)4-5-11(10)16/h8-10H,3-7H2,1-2H3. The van der Waals surface area contributed by atoms with E-state index in [-0.39, 0.29) is 5.92 Å². The van der Waals surface area contributed by atoms with Crippen molar-refractivity contribution in [1.29, 1.82) is 0 Å². The van der Waals surface area contributed by atoms with E-state index < -0.39 is 0 Å². The Morgan fingerprint density at radius 1 is 1.56 bits per heavy atom. The van der Waals surface area contributed by atoms with Crippen LogP contribution in [-0.4, -0.2) is 20.5 Å². The van der Waals surface area contributed by atoms with Crippen LogP contribution in [0.5, 0.6) is 0 Å². The Hall–Kier alpha value is -1.19. The van der Waals surface area contributed by atoms with E-state index >= 15 is 0 Å². The molecule has 88 valence electrons. The smallest absolute Gasteiger partial charge is 0.138 e. The predicted molar refractivity (Wildman–Crippen MR) is 60.9 cm³/mol. The van der Waals surface area contributed by atoms with Crippen LogP contribution < -0.4 is 0 Å². The van der Waals surface area contributed by atoms with E-state index in [9.17, 15) is 4.79 Å². The van der Waals surface area contributed by atoms with Crippen molar-refractivity contribution in [3.05, 3.63) is 12.2 Å². The Morgan fingerprint density at radius 2 is 2.38 bits per heavy atom. The van der Waals surface area contributed by atoms with Gasteiger partial charge in [-0.3, -0.25) is 9.48 Å². The monoisotopic (exact) mass is 221 g/mol. The summed E-state index contributed by atoms with van der Waals surface area (Å²) in [5.41, 5.74) is 0. The lowest BCUT2D eigenvalue weighted by Crippen LogP contribution is -2.26. The van der Waals surface area contributed by atoms with Crippen LogP contribution in [0.3, 0.4) is 0 Å². The molecule has 0 bridgehead atoms. The topological polar surface area (TPSA) is 47.8 Å². The average molecular weight is 221 g/mol. The minimum Gasteiger partial charge on any atom is -0.299 e. The van der Waals surface area contributed by atoms with E-state index in [1.165, 1.54) is 0 Å². The summed E-state index contributed by atoms with van der Waals surface area (Å²) in [7, 11) is 0. The van der Waals surface area contributed by atoms with E-state index in [2.05, 4.69) is 17.0 Å². The maximum atomic E-state index is 11.8. The third-order valence-corrected chi connectivity index (χ3v) is 3.45. The highest BCUT2D eigenvalue weighted by Gasteiger charge is 2.27. The molecule has 1 aliphatic rings. The van der Waals surface area contributed by atoms with Crippen molar-refractivity contribution in [1.82, 2.24) is 14.8 Å². The van der Waals surface area contributed by atoms with Crippen LogP contribution in [0.15, 0.2) is 6.33 Å². The van der Waals surface area contributed by atoms with Gasteiger partial charge in [0.1, 0.15) is 17.9 Å². The van der Waals surface area contributed by atoms with Crippen molar-refractivity contribution in [2.45, 2.75) is 46.1 Å². The Morgan fingerprint density at radius 3 is 3.12 bits per heavy atom. The van der Waals surface area contributed by atoms with E-state index in [1.54, 1.807) is 6.33 Å². The van der Waals surface area contributed by atoms with Crippen LogP contribution in [-0.2, 0) is 17.8 Å². The fourth-order valence-electron chi connectivity index (χ4n) is 2.46. The number of carbonyl (C=O) groups is 1. The summed E-state index contributed by atoms with van der Waals surface area (Å²) in [4.78, 5) is 16.0. The second kappa shape index (κ2) is 4.76. The van der Waals surface area contributed by atoms with Gasteiger partial charge in [0.25, 0.3) is 0 Å². The molecule has 1 heterocycles. The molecule has 16 heavy (non-hydrogen) atoms. The van der Waals surface area contributed by atoms with Crippen LogP contribution in [0.25, 0.3) is 0 Å². The lowest BCUT2D eigenvalue weighted by atomic mass is 9.80. The molecule has 1 aromatic heterocycles. The number of carbonyl (C=O) groups excluding carboxylic acids is 1. The van der Waals surface area contributed by atoms with Crippen molar-refractivity contribution in [2.75, 3.05) is 0 Å². The first-order chi connectivity index (χ1) is 7.70. The second-order valence-electron chi connectivity index (χ2n) is 4.74. The summed E-state index contributed by atoms with van der Waals surface area (Å²) in [6, 6.07) is 0. The zero-order valence-electron chi connectivity index (χ0n) is 10.0. The number of ketones is 1. The minimum atomic E-state index is 0.165. The number of hydrogen-bond acceptors (Lipinski definition) is 3. The zero-order chi connectivity index (χ0) is 11.5. The van der Waals surface area contributed by atoms with E-state index in [1.807, 2.05) is 11.6 Å². The molecule has 0 aromatic carbocycles. The summed E-state index contributed by atoms with van der Waals surface area (Å²) in [5, 5.41) is 4.14. The zero-order valence-corrected chi connectivity index (χ0v) is 10.0. The third kappa shape index (κ3) is 2.31. The van der Waals surface area contributed by atoms with Crippen LogP contribution in [0, 0.1) is 11.8 Å². The van der Waals surface area contributed by atoms with Gasteiger partial charge < -0.3 is 0 Å². The summed E-state index contributed by atoms with van der Waals surface area (Å²) < 4.78 is 1.88. The molecule has 1 saturated carbocycles. The normalized spacial score (nSPS) is 26.0. The van der Waals surface area contributed by atoms with Gasteiger partial charge in [0.2, 0.25) is 0 Å². The highest BCUT2D eigenvalue weighted by Crippen LogP contribution is 2.28. The van der Waals surface area contributed by atoms with Crippen LogP contribution >= 0.6 is 0 Å². The highest BCUT2D eigenvalue weighted by molar-refractivity contribution is 5.81. The Labute approximate surface area is 96.1 Å². The maximum Gasteiger partial charge on any atom is 0.138 e. The molecule has 1 aromatic rings. The SMILES string of the molecule is CCn1ncnc1CC1CC(C)CCC1=O. The minimum absolute atomic E-state index is 0.165. The van der Waals surface area contributed by atoms with E-state index in [0.717, 1.165) is 38.1 Å². The molecular weight excluding hydrogens is 202 g/mol. The van der Waals surface area contributed by atoms with Gasteiger partial charge in [0.15, 0.2) is 0 Å². The van der Waals surface area contributed by atoms with Gasteiger partial charge in [-0.2, -0.15) is 5.10 Å². The molecule has 1 aliphatic carbocycles. The molecule has 0 aliphatic heterocycles. The molecule has 0 saturated heterocycles. The molecule has 2 unspecified atom stereocenters. The maximum absolute atomic E-state index is 11.8. The molecule has 0 radical (unpaired) electrons. The fourth-order valence-corrected chi connectivity index (χ4v) is 2.46. The number of aromatic nitrogens is 3. The summed E-state index contributed by atoms with van der Waals surface area (Å²) >= 11 is 0. The molecule has 0 N–H and O–H groups in total. The first-order valence-corrected chi connectivity index (χ1v) is 6.10. The lowest BCUT2D eigenvalue weighted by molar-refractivity contribution is -0.125. The third-order valence-electron chi connectivity index (χ3n) is 3.45. The summed E-state index contributed by atoms with van der Waals surface area (Å²) in [5.74, 6) is 2.19.